The number of fused-ring (bicyclic) bond motifs is 3. The molecule has 3 saturated carbocycles. The minimum Gasteiger partial charge on any atom is -0.450 e. The summed E-state index contributed by atoms with van der Waals surface area (Å²) in [4.78, 5) is 10.6. The molecule has 3 aliphatic carbocycles. The van der Waals surface area contributed by atoms with Gasteiger partial charge in [0.05, 0.1) is 0 Å². The molecular weight excluding hydrogens is 192 g/mol. The van der Waals surface area contributed by atoms with Gasteiger partial charge < -0.3 is 9.84 Å². The first kappa shape index (κ1) is 9.49. The van der Waals surface area contributed by atoms with Gasteiger partial charge >= 0.3 is 6.16 Å². The summed E-state index contributed by atoms with van der Waals surface area (Å²) in [7, 11) is 0. The highest BCUT2D eigenvalue weighted by atomic mass is 16.7. The fourth-order valence-electron chi connectivity index (χ4n) is 4.63. The van der Waals surface area contributed by atoms with Crippen molar-refractivity contribution in [3.8, 4) is 0 Å². The van der Waals surface area contributed by atoms with Crippen LogP contribution in [-0.2, 0) is 4.74 Å². The smallest absolute Gasteiger partial charge is 0.450 e. The summed E-state index contributed by atoms with van der Waals surface area (Å²) in [5.41, 5.74) is 0.490. The van der Waals surface area contributed by atoms with Gasteiger partial charge in [0.15, 0.2) is 0 Å². The summed E-state index contributed by atoms with van der Waals surface area (Å²) in [5.74, 6) is 1.52. The van der Waals surface area contributed by atoms with E-state index in [-0.39, 0.29) is 16.9 Å². The lowest BCUT2D eigenvalue weighted by molar-refractivity contribution is 0.0213. The van der Waals surface area contributed by atoms with E-state index < -0.39 is 6.16 Å². The van der Waals surface area contributed by atoms with E-state index >= 15 is 0 Å². The van der Waals surface area contributed by atoms with Crippen LogP contribution in [0.1, 0.15) is 39.5 Å². The predicted octanol–water partition coefficient (Wildman–Crippen LogP) is 2.90. The molecule has 2 bridgehead atoms. The van der Waals surface area contributed by atoms with Crippen molar-refractivity contribution in [3.63, 3.8) is 0 Å². The van der Waals surface area contributed by atoms with Gasteiger partial charge in [0, 0.05) is 5.41 Å². The van der Waals surface area contributed by atoms with E-state index in [1.165, 1.54) is 19.3 Å². The molecule has 0 radical (unpaired) electrons. The summed E-state index contributed by atoms with van der Waals surface area (Å²) >= 11 is 0. The summed E-state index contributed by atoms with van der Waals surface area (Å²) in [6.45, 7) is 4.62. The van der Waals surface area contributed by atoms with E-state index in [1.807, 2.05) is 0 Å². The fourth-order valence-corrected chi connectivity index (χ4v) is 4.63. The van der Waals surface area contributed by atoms with Crippen LogP contribution in [0.25, 0.3) is 0 Å². The molecule has 84 valence electrons. The molecule has 0 heterocycles. The predicted molar refractivity (Wildman–Crippen MR) is 54.6 cm³/mol. The Labute approximate surface area is 89.8 Å². The Morgan fingerprint density at radius 1 is 1.33 bits per heavy atom. The van der Waals surface area contributed by atoms with Gasteiger partial charge in [-0.05, 0) is 42.9 Å². The van der Waals surface area contributed by atoms with Gasteiger partial charge in [-0.3, -0.25) is 0 Å². The second-order valence-electron chi connectivity index (χ2n) is 6.05. The zero-order valence-corrected chi connectivity index (χ0v) is 9.32. The van der Waals surface area contributed by atoms with E-state index in [9.17, 15) is 4.79 Å². The van der Waals surface area contributed by atoms with Crippen LogP contribution in [0.5, 0.6) is 0 Å². The lowest BCUT2D eigenvalue weighted by Crippen LogP contribution is -2.35. The quantitative estimate of drug-likeness (QED) is 0.677. The average molecular weight is 210 g/mol. The molecule has 15 heavy (non-hydrogen) atoms. The van der Waals surface area contributed by atoms with Crippen LogP contribution in [0.2, 0.25) is 0 Å². The van der Waals surface area contributed by atoms with E-state index in [0.29, 0.717) is 0 Å². The van der Waals surface area contributed by atoms with Gasteiger partial charge in [0.1, 0.15) is 6.10 Å². The topological polar surface area (TPSA) is 46.5 Å². The van der Waals surface area contributed by atoms with Crippen LogP contribution in [0.3, 0.4) is 0 Å². The van der Waals surface area contributed by atoms with E-state index in [4.69, 9.17) is 9.84 Å². The first-order chi connectivity index (χ1) is 6.98. The van der Waals surface area contributed by atoms with Crippen LogP contribution in [-0.4, -0.2) is 17.4 Å². The number of ether oxygens (including phenoxy) is 1. The SMILES string of the molecule is CC1(C)C2CCC(C2)C12CC2OC(=O)O. The largest absolute Gasteiger partial charge is 0.506 e. The van der Waals surface area contributed by atoms with Crippen molar-refractivity contribution in [2.24, 2.45) is 22.7 Å². The van der Waals surface area contributed by atoms with Crippen LogP contribution in [0, 0.1) is 22.7 Å². The standard InChI is InChI=1S/C12H18O3/c1-11(2)7-3-4-8(5-7)12(11)6-9(12)15-10(13)14/h7-9H,3-6H2,1-2H3,(H,13,14). The van der Waals surface area contributed by atoms with E-state index in [1.54, 1.807) is 0 Å². The molecule has 1 spiro atoms. The molecule has 3 rings (SSSR count). The minimum atomic E-state index is -1.10. The van der Waals surface area contributed by atoms with Crippen LogP contribution in [0.15, 0.2) is 0 Å². The normalized spacial score (nSPS) is 49.6. The lowest BCUT2D eigenvalue weighted by atomic mass is 9.66. The van der Waals surface area contributed by atoms with Crippen LogP contribution in [0.4, 0.5) is 4.79 Å². The number of hydrogen-bond donors (Lipinski definition) is 1. The summed E-state index contributed by atoms with van der Waals surface area (Å²) in [5, 5.41) is 8.69. The van der Waals surface area contributed by atoms with Crippen LogP contribution >= 0.6 is 0 Å². The first-order valence-electron chi connectivity index (χ1n) is 5.88. The van der Waals surface area contributed by atoms with Crippen LogP contribution < -0.4 is 0 Å². The van der Waals surface area contributed by atoms with Gasteiger partial charge in [-0.2, -0.15) is 0 Å². The Morgan fingerprint density at radius 2 is 2.00 bits per heavy atom. The van der Waals surface area contributed by atoms with Crippen molar-refractivity contribution in [3.05, 3.63) is 0 Å². The maximum atomic E-state index is 10.6. The second-order valence-corrected chi connectivity index (χ2v) is 6.05. The van der Waals surface area contributed by atoms with Crippen molar-refractivity contribution in [1.82, 2.24) is 0 Å². The maximum absolute atomic E-state index is 10.6. The van der Waals surface area contributed by atoms with Crippen molar-refractivity contribution >= 4 is 6.16 Å². The first-order valence-corrected chi connectivity index (χ1v) is 5.88. The van der Waals surface area contributed by atoms with Gasteiger partial charge in [-0.25, -0.2) is 4.79 Å². The highest BCUT2D eigenvalue weighted by Crippen LogP contribution is 2.77. The Bertz CT molecular complexity index is 323. The highest BCUT2D eigenvalue weighted by molar-refractivity contribution is 5.58. The molecule has 0 amide bonds. The molecule has 3 nitrogen and oxygen atoms in total. The molecule has 3 heteroatoms. The third-order valence-electron chi connectivity index (χ3n) is 5.56. The van der Waals surface area contributed by atoms with Crippen molar-refractivity contribution in [2.45, 2.75) is 45.6 Å². The molecule has 0 aliphatic heterocycles. The third-order valence-corrected chi connectivity index (χ3v) is 5.56. The van der Waals surface area contributed by atoms with E-state index in [2.05, 4.69) is 13.8 Å². The Morgan fingerprint density at radius 3 is 2.53 bits per heavy atom. The van der Waals surface area contributed by atoms with Gasteiger partial charge in [-0.1, -0.05) is 13.8 Å². The van der Waals surface area contributed by atoms with E-state index in [0.717, 1.165) is 18.3 Å². The second kappa shape index (κ2) is 2.50. The monoisotopic (exact) mass is 210 g/mol. The highest BCUT2D eigenvalue weighted by Gasteiger charge is 2.75. The Hall–Kier alpha value is -0.730. The lowest BCUT2D eigenvalue weighted by Gasteiger charge is -2.39. The molecule has 4 atom stereocenters. The molecule has 3 fully saturated rings. The Kier molecular flexibility index (Phi) is 1.58. The molecule has 4 unspecified atom stereocenters. The molecule has 3 aliphatic rings. The minimum absolute atomic E-state index is 0.0136. The van der Waals surface area contributed by atoms with Crippen molar-refractivity contribution < 1.29 is 14.6 Å². The van der Waals surface area contributed by atoms with Gasteiger partial charge in [-0.15, -0.1) is 0 Å². The summed E-state index contributed by atoms with van der Waals surface area (Å²) in [6, 6.07) is 0. The van der Waals surface area contributed by atoms with Gasteiger partial charge in [0.2, 0.25) is 0 Å². The number of hydrogen-bond acceptors (Lipinski definition) is 2. The molecule has 1 N–H and O–H groups in total. The zero-order valence-electron chi connectivity index (χ0n) is 9.32. The molecule has 0 aromatic carbocycles. The Balaban J connectivity index is 1.85. The molecule has 0 aromatic rings. The molecule has 0 saturated heterocycles. The zero-order chi connectivity index (χ0) is 10.8. The number of carbonyl (C=O) groups is 1. The third kappa shape index (κ3) is 0.943. The summed E-state index contributed by atoms with van der Waals surface area (Å²) < 4.78 is 5.00. The number of rotatable bonds is 1. The molecule has 0 aromatic heterocycles. The average Bonchev–Trinajstić information content (AvgIpc) is 2.58. The van der Waals surface area contributed by atoms with Gasteiger partial charge in [0.25, 0.3) is 0 Å². The fraction of sp³-hybridized carbons (Fsp3) is 0.917. The number of carboxylic acid groups (broad SMARTS) is 1. The summed E-state index contributed by atoms with van der Waals surface area (Å²) in [6.07, 6.45) is 3.77. The van der Waals surface area contributed by atoms with Crippen molar-refractivity contribution in [2.75, 3.05) is 0 Å². The van der Waals surface area contributed by atoms with Crippen molar-refractivity contribution in [1.29, 1.82) is 0 Å². The maximum Gasteiger partial charge on any atom is 0.506 e. The molecular formula is C12H18O3.